The van der Waals surface area contributed by atoms with Crippen molar-refractivity contribution in [2.45, 2.75) is 44.0 Å². The fraction of sp³-hybridized carbons (Fsp3) is 0.571. The van der Waals surface area contributed by atoms with E-state index in [1.807, 2.05) is 0 Å². The summed E-state index contributed by atoms with van der Waals surface area (Å²) in [5.74, 6) is 0.477. The Labute approximate surface area is 124 Å². The lowest BCUT2D eigenvalue weighted by atomic mass is 9.62. The van der Waals surface area contributed by atoms with E-state index in [2.05, 4.69) is 45.7 Å². The average Bonchev–Trinajstić information content (AvgIpc) is 2.35. The van der Waals surface area contributed by atoms with E-state index in [1.54, 1.807) is 12.1 Å². The zero-order chi connectivity index (χ0) is 13.3. The van der Waals surface area contributed by atoms with Crippen LogP contribution in [-0.4, -0.2) is 10.9 Å². The summed E-state index contributed by atoms with van der Waals surface area (Å²) in [4.78, 5) is 0.522. The summed E-state index contributed by atoms with van der Waals surface area (Å²) in [6, 6.07) is 4.83. The summed E-state index contributed by atoms with van der Waals surface area (Å²) in [7, 11) is 0. The van der Waals surface area contributed by atoms with Gasteiger partial charge in [0.15, 0.2) is 0 Å². The molecule has 1 fully saturated rings. The van der Waals surface area contributed by atoms with Crippen LogP contribution < -0.4 is 4.74 Å². The first-order valence-corrected chi connectivity index (χ1v) is 8.00. The molecule has 0 heterocycles. The van der Waals surface area contributed by atoms with Gasteiger partial charge in [0.05, 0.1) is 4.47 Å². The summed E-state index contributed by atoms with van der Waals surface area (Å²) < 4.78 is 19.6. The van der Waals surface area contributed by atoms with Gasteiger partial charge in [-0.15, -0.1) is 0 Å². The Morgan fingerprint density at radius 2 is 2.06 bits per heavy atom. The normalized spacial score (nSPS) is 25.6. The molecule has 0 amide bonds. The van der Waals surface area contributed by atoms with Crippen molar-refractivity contribution in [2.75, 3.05) is 0 Å². The lowest BCUT2D eigenvalue weighted by Crippen LogP contribution is -2.56. The third-order valence-corrected chi connectivity index (χ3v) is 6.07. The molecule has 0 bridgehead atoms. The van der Waals surface area contributed by atoms with Crippen LogP contribution in [0.25, 0.3) is 0 Å². The second-order valence-electron chi connectivity index (χ2n) is 4.83. The highest BCUT2D eigenvalue weighted by Gasteiger charge is 2.53. The molecular formula is C14H17Br2FO. The molecule has 1 aromatic carbocycles. The van der Waals surface area contributed by atoms with Crippen molar-refractivity contribution in [3.63, 3.8) is 0 Å². The maximum Gasteiger partial charge on any atom is 0.137 e. The maximum atomic E-state index is 13.2. The van der Waals surface area contributed by atoms with Crippen molar-refractivity contribution in [2.24, 2.45) is 5.41 Å². The van der Waals surface area contributed by atoms with Gasteiger partial charge in [0, 0.05) is 10.2 Å². The summed E-state index contributed by atoms with van der Waals surface area (Å²) >= 11 is 6.92. The number of rotatable bonds is 4. The van der Waals surface area contributed by atoms with Crippen LogP contribution in [-0.2, 0) is 0 Å². The quantitative estimate of drug-likeness (QED) is 0.644. The molecule has 1 aromatic rings. The first-order chi connectivity index (χ1) is 8.53. The third kappa shape index (κ3) is 2.34. The first kappa shape index (κ1) is 14.3. The van der Waals surface area contributed by atoms with E-state index in [1.165, 1.54) is 6.07 Å². The van der Waals surface area contributed by atoms with Crippen molar-refractivity contribution in [1.82, 2.24) is 0 Å². The fourth-order valence-corrected chi connectivity index (χ4v) is 4.37. The van der Waals surface area contributed by atoms with E-state index in [0.717, 1.165) is 25.0 Å². The summed E-state index contributed by atoms with van der Waals surface area (Å²) in [6.07, 6.45) is 3.41. The molecule has 0 aliphatic heterocycles. The second kappa shape index (κ2) is 5.49. The van der Waals surface area contributed by atoms with Crippen molar-refractivity contribution in [3.05, 3.63) is 28.5 Å². The van der Waals surface area contributed by atoms with Crippen molar-refractivity contribution >= 4 is 31.9 Å². The van der Waals surface area contributed by atoms with Crippen LogP contribution in [0.1, 0.15) is 33.1 Å². The van der Waals surface area contributed by atoms with Crippen LogP contribution in [0.5, 0.6) is 5.75 Å². The maximum absolute atomic E-state index is 13.2. The van der Waals surface area contributed by atoms with E-state index in [9.17, 15) is 4.39 Å². The van der Waals surface area contributed by atoms with Gasteiger partial charge in [0.1, 0.15) is 17.7 Å². The molecule has 2 rings (SSSR count). The zero-order valence-corrected chi connectivity index (χ0v) is 13.7. The Hall–Kier alpha value is -0.0900. The van der Waals surface area contributed by atoms with Crippen LogP contribution in [0.4, 0.5) is 4.39 Å². The number of hydrogen-bond donors (Lipinski definition) is 0. The highest BCUT2D eigenvalue weighted by Crippen LogP contribution is 2.52. The summed E-state index contributed by atoms with van der Waals surface area (Å²) in [6.45, 7) is 4.40. The Kier molecular flexibility index (Phi) is 4.37. The largest absolute Gasteiger partial charge is 0.490 e. The van der Waals surface area contributed by atoms with Gasteiger partial charge in [-0.25, -0.2) is 4.39 Å². The van der Waals surface area contributed by atoms with Crippen LogP contribution in [0.15, 0.2) is 22.7 Å². The molecular weight excluding hydrogens is 363 g/mol. The van der Waals surface area contributed by atoms with Gasteiger partial charge in [0.2, 0.25) is 0 Å². The van der Waals surface area contributed by atoms with E-state index >= 15 is 0 Å². The van der Waals surface area contributed by atoms with E-state index in [0.29, 0.717) is 9.30 Å². The molecule has 1 nitrogen and oxygen atoms in total. The minimum atomic E-state index is -0.258. The van der Waals surface area contributed by atoms with Crippen LogP contribution in [0.2, 0.25) is 0 Å². The van der Waals surface area contributed by atoms with E-state index in [-0.39, 0.29) is 17.3 Å². The summed E-state index contributed by atoms with van der Waals surface area (Å²) in [5.41, 5.74) is 0.209. The Morgan fingerprint density at radius 3 is 2.56 bits per heavy atom. The van der Waals surface area contributed by atoms with Gasteiger partial charge in [-0.3, -0.25) is 0 Å². The number of halogens is 3. The Bertz CT molecular complexity index is 432. The van der Waals surface area contributed by atoms with Crippen molar-refractivity contribution in [1.29, 1.82) is 0 Å². The van der Waals surface area contributed by atoms with Crippen LogP contribution >= 0.6 is 31.9 Å². The van der Waals surface area contributed by atoms with Gasteiger partial charge in [0.25, 0.3) is 0 Å². The molecule has 1 aliphatic carbocycles. The minimum Gasteiger partial charge on any atom is -0.490 e. The summed E-state index contributed by atoms with van der Waals surface area (Å²) in [5, 5.41) is 0. The predicted octanol–water partition coefficient (Wildman–Crippen LogP) is 5.31. The highest BCUT2D eigenvalue weighted by atomic mass is 79.9. The fourth-order valence-electron chi connectivity index (χ4n) is 2.73. The Morgan fingerprint density at radius 1 is 1.39 bits per heavy atom. The van der Waals surface area contributed by atoms with E-state index < -0.39 is 0 Å². The van der Waals surface area contributed by atoms with Gasteiger partial charge >= 0.3 is 0 Å². The molecule has 0 saturated heterocycles. The molecule has 1 aliphatic rings. The van der Waals surface area contributed by atoms with Gasteiger partial charge < -0.3 is 4.74 Å². The minimum absolute atomic E-state index is 0.209. The number of ether oxygens (including phenoxy) is 1. The monoisotopic (exact) mass is 378 g/mol. The average molecular weight is 380 g/mol. The van der Waals surface area contributed by atoms with E-state index in [4.69, 9.17) is 4.74 Å². The lowest BCUT2D eigenvalue weighted by molar-refractivity contribution is -0.0411. The first-order valence-electron chi connectivity index (χ1n) is 6.29. The SMILES string of the molecule is CCC1(CC)C(Br)CC1Oc1ccc(F)c(Br)c1. The topological polar surface area (TPSA) is 9.23 Å². The molecule has 0 aromatic heterocycles. The van der Waals surface area contributed by atoms with Crippen molar-refractivity contribution < 1.29 is 9.13 Å². The predicted molar refractivity (Wildman–Crippen MR) is 78.9 cm³/mol. The Balaban J connectivity index is 2.12. The van der Waals surface area contributed by atoms with Crippen molar-refractivity contribution in [3.8, 4) is 5.75 Å². The second-order valence-corrected chi connectivity index (χ2v) is 6.79. The van der Waals surface area contributed by atoms with Gasteiger partial charge in [-0.05, 0) is 53.4 Å². The third-order valence-electron chi connectivity index (χ3n) is 4.17. The molecule has 1 saturated carbocycles. The molecule has 2 unspecified atom stereocenters. The van der Waals surface area contributed by atoms with Crippen LogP contribution in [0, 0.1) is 11.2 Å². The molecule has 4 heteroatoms. The molecule has 2 atom stereocenters. The molecule has 0 spiro atoms. The molecule has 100 valence electrons. The number of alkyl halides is 1. The molecule has 0 N–H and O–H groups in total. The van der Waals surface area contributed by atoms with Gasteiger partial charge in [-0.1, -0.05) is 29.8 Å². The highest BCUT2D eigenvalue weighted by molar-refractivity contribution is 9.10. The number of hydrogen-bond acceptors (Lipinski definition) is 1. The van der Waals surface area contributed by atoms with Crippen LogP contribution in [0.3, 0.4) is 0 Å². The molecule has 0 radical (unpaired) electrons. The lowest BCUT2D eigenvalue weighted by Gasteiger charge is -2.52. The smallest absolute Gasteiger partial charge is 0.137 e. The number of benzene rings is 1. The van der Waals surface area contributed by atoms with Gasteiger partial charge in [-0.2, -0.15) is 0 Å². The zero-order valence-electron chi connectivity index (χ0n) is 10.6. The standard InChI is InChI=1S/C14H17Br2FO/c1-3-14(4-2)12(16)8-13(14)18-9-5-6-11(17)10(15)7-9/h5-7,12-13H,3-4,8H2,1-2H3. The molecule has 18 heavy (non-hydrogen) atoms.